The van der Waals surface area contributed by atoms with Crippen molar-refractivity contribution in [3.8, 4) is 0 Å². The summed E-state index contributed by atoms with van der Waals surface area (Å²) in [5.74, 6) is -1.03. The summed E-state index contributed by atoms with van der Waals surface area (Å²) in [6.45, 7) is 1.05. The molecule has 0 aliphatic carbocycles. The number of nitrogens with two attached hydrogens (primary N) is 2. The molecule has 0 aliphatic rings. The summed E-state index contributed by atoms with van der Waals surface area (Å²) < 4.78 is 4.63. The van der Waals surface area contributed by atoms with Crippen molar-refractivity contribution in [2.45, 2.75) is 18.9 Å². The predicted molar refractivity (Wildman–Crippen MR) is 67.4 cm³/mol. The molecule has 0 unspecified atom stereocenters. The number of amides is 2. The van der Waals surface area contributed by atoms with Gasteiger partial charge in [-0.15, -0.1) is 0 Å². The zero-order valence-corrected chi connectivity index (χ0v) is 10.7. The Balaban J connectivity index is 0. The van der Waals surface area contributed by atoms with Gasteiger partial charge >= 0.3 is 12.0 Å². The Morgan fingerprint density at radius 2 is 1.74 bits per heavy atom. The first-order chi connectivity index (χ1) is 8.95. The molecule has 0 aromatic carbocycles. The zero-order chi connectivity index (χ0) is 15.1. The van der Waals surface area contributed by atoms with Gasteiger partial charge < -0.3 is 36.8 Å². The fourth-order valence-corrected chi connectivity index (χ4v) is 0.888. The van der Waals surface area contributed by atoms with Crippen LogP contribution in [0.4, 0.5) is 4.79 Å². The maximum Gasteiger partial charge on any atom is 0.320 e. The number of primary amides is 1. The first-order valence-corrected chi connectivity index (χ1v) is 5.76. The molecule has 2 amide bonds. The topological polar surface area (TPSA) is 168 Å². The van der Waals surface area contributed by atoms with Crippen molar-refractivity contribution in [2.75, 3.05) is 33.0 Å². The molecule has 9 heteroatoms. The third kappa shape index (κ3) is 19.1. The Bertz CT molecular complexity index is 235. The predicted octanol–water partition coefficient (Wildman–Crippen LogP) is -2.17. The average Bonchev–Trinajstić information content (AvgIpc) is 2.35. The third-order valence-corrected chi connectivity index (χ3v) is 1.78. The molecule has 9 nitrogen and oxygen atoms in total. The molecule has 0 radical (unpaired) electrons. The highest BCUT2D eigenvalue weighted by molar-refractivity contribution is 5.73. The standard InChI is InChI=1S/C6H13N3O3.C4H10O3/c7-4(5(10)11)2-1-3-9-6(8)12;5-1-3-7-4-2-6/h4H,1-3,7H2,(H,10,11)(H3,8,9,12);5-6H,1-4H2/t4-;/m0./s1. The van der Waals surface area contributed by atoms with E-state index in [1.54, 1.807) is 0 Å². The maximum absolute atomic E-state index is 10.2. The van der Waals surface area contributed by atoms with Crippen molar-refractivity contribution >= 4 is 12.0 Å². The second-order valence-electron chi connectivity index (χ2n) is 3.44. The summed E-state index contributed by atoms with van der Waals surface area (Å²) in [6.07, 6.45) is 0.839. The molecule has 8 N–H and O–H groups in total. The van der Waals surface area contributed by atoms with E-state index in [0.717, 1.165) is 0 Å². The van der Waals surface area contributed by atoms with E-state index < -0.39 is 18.0 Å². The molecule has 1 atom stereocenters. The Labute approximate surface area is 111 Å². The van der Waals surface area contributed by atoms with E-state index in [-0.39, 0.29) is 13.2 Å². The number of nitrogens with one attached hydrogen (secondary N) is 1. The van der Waals surface area contributed by atoms with Crippen molar-refractivity contribution < 1.29 is 29.6 Å². The SMILES string of the molecule is NC(=O)NCCC[C@H](N)C(=O)O.OCCOCCO. The molecule has 114 valence electrons. The summed E-state index contributed by atoms with van der Waals surface area (Å²) in [5, 5.41) is 26.9. The number of aliphatic hydroxyl groups excluding tert-OH is 2. The number of carbonyl (C=O) groups is 2. The van der Waals surface area contributed by atoms with Gasteiger partial charge in [-0.1, -0.05) is 0 Å². The lowest BCUT2D eigenvalue weighted by atomic mass is 10.2. The van der Waals surface area contributed by atoms with E-state index in [4.69, 9.17) is 26.8 Å². The highest BCUT2D eigenvalue weighted by Gasteiger charge is 2.09. The van der Waals surface area contributed by atoms with E-state index in [1.165, 1.54) is 0 Å². The smallest absolute Gasteiger partial charge is 0.320 e. The molecule has 0 aliphatic heterocycles. The maximum atomic E-state index is 10.2. The molecule has 0 saturated carbocycles. The van der Waals surface area contributed by atoms with Crippen LogP contribution in [0.1, 0.15) is 12.8 Å². The van der Waals surface area contributed by atoms with E-state index in [2.05, 4.69) is 10.1 Å². The number of carbonyl (C=O) groups excluding carboxylic acids is 1. The van der Waals surface area contributed by atoms with Crippen LogP contribution in [0.15, 0.2) is 0 Å². The third-order valence-electron chi connectivity index (χ3n) is 1.78. The number of aliphatic hydroxyl groups is 2. The lowest BCUT2D eigenvalue weighted by molar-refractivity contribution is -0.138. The highest BCUT2D eigenvalue weighted by Crippen LogP contribution is 1.92. The van der Waals surface area contributed by atoms with Gasteiger partial charge in [-0.3, -0.25) is 4.79 Å². The van der Waals surface area contributed by atoms with Crippen molar-refractivity contribution in [1.82, 2.24) is 5.32 Å². The largest absolute Gasteiger partial charge is 0.480 e. The second kappa shape index (κ2) is 14.6. The minimum absolute atomic E-state index is 0.0278. The lowest BCUT2D eigenvalue weighted by Gasteiger charge is -2.05. The van der Waals surface area contributed by atoms with E-state index in [9.17, 15) is 9.59 Å². The average molecular weight is 281 g/mol. The first kappa shape index (κ1) is 19.9. The molecule has 0 aromatic heterocycles. The van der Waals surface area contributed by atoms with Gasteiger partial charge in [0.15, 0.2) is 0 Å². The minimum atomic E-state index is -1.03. The Morgan fingerprint density at radius 1 is 1.21 bits per heavy atom. The van der Waals surface area contributed by atoms with Crippen LogP contribution >= 0.6 is 0 Å². The van der Waals surface area contributed by atoms with Gasteiger partial charge in [0.05, 0.1) is 26.4 Å². The van der Waals surface area contributed by atoms with Gasteiger partial charge in [0, 0.05) is 6.54 Å². The zero-order valence-electron chi connectivity index (χ0n) is 10.7. The van der Waals surface area contributed by atoms with Gasteiger partial charge in [-0.25, -0.2) is 4.79 Å². The van der Waals surface area contributed by atoms with Crippen LogP contribution in [-0.2, 0) is 9.53 Å². The van der Waals surface area contributed by atoms with Crippen molar-refractivity contribution in [3.05, 3.63) is 0 Å². The number of carboxylic acids is 1. The fraction of sp³-hybridized carbons (Fsp3) is 0.800. The van der Waals surface area contributed by atoms with E-state index in [1.807, 2.05) is 0 Å². The number of hydrogen-bond acceptors (Lipinski definition) is 6. The lowest BCUT2D eigenvalue weighted by Crippen LogP contribution is -2.33. The first-order valence-electron chi connectivity index (χ1n) is 5.76. The van der Waals surface area contributed by atoms with Crippen LogP contribution in [0.25, 0.3) is 0 Å². The van der Waals surface area contributed by atoms with Crippen molar-refractivity contribution in [2.24, 2.45) is 11.5 Å². The summed E-state index contributed by atoms with van der Waals surface area (Å²) in [4.78, 5) is 20.3. The quantitative estimate of drug-likeness (QED) is 0.261. The number of rotatable bonds is 9. The van der Waals surface area contributed by atoms with E-state index in [0.29, 0.717) is 32.6 Å². The number of carboxylic acid groups (broad SMARTS) is 1. The molecule has 0 rings (SSSR count). The molecule has 0 spiro atoms. The van der Waals surface area contributed by atoms with Gasteiger partial charge in [-0.2, -0.15) is 0 Å². The number of aliphatic carboxylic acids is 1. The fourth-order valence-electron chi connectivity index (χ4n) is 0.888. The van der Waals surface area contributed by atoms with Gasteiger partial charge in [0.2, 0.25) is 0 Å². The van der Waals surface area contributed by atoms with Crippen molar-refractivity contribution in [1.29, 1.82) is 0 Å². The Hall–Kier alpha value is -1.42. The molecule has 0 fully saturated rings. The number of ether oxygens (including phenoxy) is 1. The Morgan fingerprint density at radius 3 is 2.11 bits per heavy atom. The molecule has 0 aromatic rings. The molecular formula is C10H23N3O6. The van der Waals surface area contributed by atoms with Crippen LogP contribution in [0.3, 0.4) is 0 Å². The van der Waals surface area contributed by atoms with Crippen LogP contribution < -0.4 is 16.8 Å². The summed E-state index contributed by atoms with van der Waals surface area (Å²) >= 11 is 0. The molecule has 0 bridgehead atoms. The van der Waals surface area contributed by atoms with Crippen LogP contribution in [-0.4, -0.2) is 66.3 Å². The summed E-state index contributed by atoms with van der Waals surface area (Å²) in [5.41, 5.74) is 9.96. The summed E-state index contributed by atoms with van der Waals surface area (Å²) in [7, 11) is 0. The molecule has 0 heterocycles. The number of urea groups is 1. The van der Waals surface area contributed by atoms with Gasteiger partial charge in [-0.05, 0) is 12.8 Å². The molecule has 19 heavy (non-hydrogen) atoms. The highest BCUT2D eigenvalue weighted by atomic mass is 16.5. The Kier molecular flexibility index (Phi) is 15.3. The molecule has 0 saturated heterocycles. The van der Waals surface area contributed by atoms with Crippen LogP contribution in [0, 0.1) is 0 Å². The summed E-state index contributed by atoms with van der Waals surface area (Å²) in [6, 6.07) is -1.47. The normalized spacial score (nSPS) is 11.1. The minimum Gasteiger partial charge on any atom is -0.480 e. The second-order valence-corrected chi connectivity index (χ2v) is 3.44. The van der Waals surface area contributed by atoms with Gasteiger partial charge in [0.1, 0.15) is 6.04 Å². The van der Waals surface area contributed by atoms with Gasteiger partial charge in [0.25, 0.3) is 0 Å². The molecular weight excluding hydrogens is 258 g/mol. The number of hydrogen-bond donors (Lipinski definition) is 6. The van der Waals surface area contributed by atoms with Crippen LogP contribution in [0.5, 0.6) is 0 Å². The van der Waals surface area contributed by atoms with Crippen molar-refractivity contribution in [3.63, 3.8) is 0 Å². The van der Waals surface area contributed by atoms with E-state index >= 15 is 0 Å². The monoisotopic (exact) mass is 281 g/mol. The van der Waals surface area contributed by atoms with Crippen LogP contribution in [0.2, 0.25) is 0 Å².